The van der Waals surface area contributed by atoms with Crippen molar-refractivity contribution in [3.05, 3.63) is 48.0 Å². The van der Waals surface area contributed by atoms with Crippen LogP contribution < -0.4 is 4.84 Å². The number of rotatable bonds is 2. The van der Waals surface area contributed by atoms with E-state index in [0.29, 0.717) is 0 Å². The first-order valence-electron chi connectivity index (χ1n) is 5.53. The second-order valence-corrected chi connectivity index (χ2v) is 4.03. The monoisotopic (exact) mass is 241 g/mol. The van der Waals surface area contributed by atoms with E-state index in [1.807, 2.05) is 24.3 Å². The van der Waals surface area contributed by atoms with E-state index in [9.17, 15) is 4.79 Å². The normalized spacial score (nSPS) is 10.9. The molecular formula is C14H11NO3. The number of aromatic nitrogens is 1. The summed E-state index contributed by atoms with van der Waals surface area (Å²) in [6, 6.07) is 12.8. The number of hydrogen-bond acceptors (Lipinski definition) is 2. The van der Waals surface area contributed by atoms with Crippen molar-refractivity contribution in [1.82, 2.24) is 4.73 Å². The predicted molar refractivity (Wildman–Crippen MR) is 68.9 cm³/mol. The highest BCUT2D eigenvalue weighted by atomic mass is 16.6. The Balaban J connectivity index is 2.48. The Morgan fingerprint density at radius 2 is 1.83 bits per heavy atom. The van der Waals surface area contributed by atoms with Crippen LogP contribution in [0.3, 0.4) is 0 Å². The molecule has 1 aromatic heterocycles. The van der Waals surface area contributed by atoms with Crippen LogP contribution in [-0.4, -0.2) is 22.9 Å². The average Bonchev–Trinajstić information content (AvgIpc) is 2.71. The molecular weight excluding hydrogens is 230 g/mol. The largest absolute Gasteiger partial charge is 0.478 e. The molecule has 0 fully saturated rings. The SMILES string of the molecule is COn1c2ccccc2c2cc(C(=O)O)ccc21. The fraction of sp³-hybridized carbons (Fsp3) is 0.0714. The summed E-state index contributed by atoms with van der Waals surface area (Å²) in [4.78, 5) is 16.4. The summed E-state index contributed by atoms with van der Waals surface area (Å²) >= 11 is 0. The molecule has 3 aromatic rings. The van der Waals surface area contributed by atoms with Crippen molar-refractivity contribution in [2.45, 2.75) is 0 Å². The summed E-state index contributed by atoms with van der Waals surface area (Å²) in [5.41, 5.74) is 2.07. The van der Waals surface area contributed by atoms with E-state index < -0.39 is 5.97 Å². The Bertz CT molecular complexity index is 758. The van der Waals surface area contributed by atoms with Crippen molar-refractivity contribution < 1.29 is 14.7 Å². The van der Waals surface area contributed by atoms with Gasteiger partial charge in [0.05, 0.1) is 16.6 Å². The van der Waals surface area contributed by atoms with Gasteiger partial charge in [-0.2, -0.15) is 4.73 Å². The fourth-order valence-corrected chi connectivity index (χ4v) is 2.27. The first-order chi connectivity index (χ1) is 8.72. The van der Waals surface area contributed by atoms with Gasteiger partial charge in [0.2, 0.25) is 0 Å². The molecule has 1 heterocycles. The van der Waals surface area contributed by atoms with Crippen LogP contribution in [0.4, 0.5) is 0 Å². The molecule has 0 aliphatic rings. The van der Waals surface area contributed by atoms with Gasteiger partial charge in [0.25, 0.3) is 0 Å². The summed E-state index contributed by atoms with van der Waals surface area (Å²) in [7, 11) is 1.59. The lowest BCUT2D eigenvalue weighted by atomic mass is 10.1. The highest BCUT2D eigenvalue weighted by Gasteiger charge is 2.12. The molecule has 0 aliphatic carbocycles. The van der Waals surface area contributed by atoms with Crippen LogP contribution in [0.1, 0.15) is 10.4 Å². The Morgan fingerprint density at radius 1 is 1.11 bits per heavy atom. The quantitative estimate of drug-likeness (QED) is 0.750. The molecule has 2 aromatic carbocycles. The van der Waals surface area contributed by atoms with Gasteiger partial charge in [-0.25, -0.2) is 4.79 Å². The molecule has 4 nitrogen and oxygen atoms in total. The second kappa shape index (κ2) is 3.77. The lowest BCUT2D eigenvalue weighted by molar-refractivity contribution is 0.0697. The molecule has 0 amide bonds. The van der Waals surface area contributed by atoms with Gasteiger partial charge in [0.1, 0.15) is 7.11 Å². The van der Waals surface area contributed by atoms with Gasteiger partial charge < -0.3 is 9.94 Å². The standard InChI is InChI=1S/C14H11NO3/c1-18-15-12-5-3-2-4-10(12)11-8-9(14(16)17)6-7-13(11)15/h2-8H,1H3,(H,16,17). The Kier molecular flexibility index (Phi) is 2.23. The minimum atomic E-state index is -0.925. The highest BCUT2D eigenvalue weighted by molar-refractivity contribution is 6.09. The second-order valence-electron chi connectivity index (χ2n) is 4.03. The smallest absolute Gasteiger partial charge is 0.335 e. The van der Waals surface area contributed by atoms with Crippen LogP contribution >= 0.6 is 0 Å². The predicted octanol–water partition coefficient (Wildman–Crippen LogP) is 2.55. The first-order valence-corrected chi connectivity index (χ1v) is 5.53. The van der Waals surface area contributed by atoms with E-state index >= 15 is 0 Å². The Labute approximate surface area is 103 Å². The first kappa shape index (κ1) is 10.7. The van der Waals surface area contributed by atoms with Gasteiger partial charge in [0.15, 0.2) is 0 Å². The number of nitrogens with zero attached hydrogens (tertiary/aromatic N) is 1. The topological polar surface area (TPSA) is 51.5 Å². The van der Waals surface area contributed by atoms with Crippen molar-refractivity contribution in [2.24, 2.45) is 0 Å². The van der Waals surface area contributed by atoms with E-state index in [4.69, 9.17) is 9.94 Å². The molecule has 0 saturated heterocycles. The minimum Gasteiger partial charge on any atom is -0.478 e. The van der Waals surface area contributed by atoms with Gasteiger partial charge in [-0.3, -0.25) is 0 Å². The summed E-state index contributed by atoms with van der Waals surface area (Å²) in [6.45, 7) is 0. The fourth-order valence-electron chi connectivity index (χ4n) is 2.27. The molecule has 0 atom stereocenters. The Hall–Kier alpha value is -2.49. The maximum Gasteiger partial charge on any atom is 0.335 e. The number of carboxylic acids is 1. The van der Waals surface area contributed by atoms with Crippen LogP contribution in [0.2, 0.25) is 0 Å². The molecule has 18 heavy (non-hydrogen) atoms. The van der Waals surface area contributed by atoms with Crippen LogP contribution in [-0.2, 0) is 0 Å². The van der Waals surface area contributed by atoms with E-state index in [-0.39, 0.29) is 5.56 Å². The van der Waals surface area contributed by atoms with Gasteiger partial charge >= 0.3 is 5.97 Å². The summed E-state index contributed by atoms with van der Waals surface area (Å²) in [6.07, 6.45) is 0. The number of aromatic carboxylic acids is 1. The van der Waals surface area contributed by atoms with Gasteiger partial charge in [-0.15, -0.1) is 0 Å². The summed E-state index contributed by atoms with van der Waals surface area (Å²) in [5, 5.41) is 10.9. The number of carboxylic acid groups (broad SMARTS) is 1. The molecule has 90 valence electrons. The zero-order chi connectivity index (χ0) is 12.7. The molecule has 4 heteroatoms. The van der Waals surface area contributed by atoms with E-state index in [0.717, 1.165) is 21.8 Å². The molecule has 0 saturated carbocycles. The number of hydrogen-bond donors (Lipinski definition) is 1. The van der Waals surface area contributed by atoms with Gasteiger partial charge in [-0.1, -0.05) is 18.2 Å². The third-order valence-electron chi connectivity index (χ3n) is 3.06. The van der Waals surface area contributed by atoms with Crippen molar-refractivity contribution in [3.8, 4) is 0 Å². The van der Waals surface area contributed by atoms with Crippen molar-refractivity contribution in [2.75, 3.05) is 7.11 Å². The zero-order valence-electron chi connectivity index (χ0n) is 9.75. The average molecular weight is 241 g/mol. The van der Waals surface area contributed by atoms with Gasteiger partial charge in [0, 0.05) is 10.8 Å². The van der Waals surface area contributed by atoms with E-state index in [2.05, 4.69) is 0 Å². The van der Waals surface area contributed by atoms with Crippen LogP contribution in [0.5, 0.6) is 0 Å². The van der Waals surface area contributed by atoms with E-state index in [1.165, 1.54) is 0 Å². The molecule has 3 rings (SSSR count). The lowest BCUT2D eigenvalue weighted by Gasteiger charge is -2.03. The maximum absolute atomic E-state index is 11.0. The van der Waals surface area contributed by atoms with Crippen molar-refractivity contribution in [1.29, 1.82) is 0 Å². The summed E-state index contributed by atoms with van der Waals surface area (Å²) in [5.74, 6) is -0.925. The molecule has 0 aliphatic heterocycles. The Morgan fingerprint density at radius 3 is 2.56 bits per heavy atom. The lowest BCUT2D eigenvalue weighted by Crippen LogP contribution is -2.04. The zero-order valence-corrected chi connectivity index (χ0v) is 9.75. The number of para-hydroxylation sites is 1. The molecule has 0 unspecified atom stereocenters. The van der Waals surface area contributed by atoms with Gasteiger partial charge in [-0.05, 0) is 24.3 Å². The van der Waals surface area contributed by atoms with E-state index in [1.54, 1.807) is 30.0 Å². The molecule has 0 radical (unpaired) electrons. The molecule has 0 spiro atoms. The molecule has 0 bridgehead atoms. The number of fused-ring (bicyclic) bond motifs is 3. The van der Waals surface area contributed by atoms with Crippen molar-refractivity contribution in [3.63, 3.8) is 0 Å². The number of benzene rings is 2. The highest BCUT2D eigenvalue weighted by Crippen LogP contribution is 2.28. The molecule has 1 N–H and O–H groups in total. The van der Waals surface area contributed by atoms with Crippen LogP contribution in [0.15, 0.2) is 42.5 Å². The van der Waals surface area contributed by atoms with Crippen molar-refractivity contribution >= 4 is 27.8 Å². The third-order valence-corrected chi connectivity index (χ3v) is 3.06. The van der Waals surface area contributed by atoms with Crippen LogP contribution in [0, 0.1) is 0 Å². The summed E-state index contributed by atoms with van der Waals surface area (Å²) < 4.78 is 1.70. The minimum absolute atomic E-state index is 0.279. The maximum atomic E-state index is 11.0. The third kappa shape index (κ3) is 1.35. The van der Waals surface area contributed by atoms with Crippen LogP contribution in [0.25, 0.3) is 21.8 Å². The number of carbonyl (C=O) groups is 1.